The zero-order valence-corrected chi connectivity index (χ0v) is 21.3. The predicted octanol–water partition coefficient (Wildman–Crippen LogP) is 3.51. The van der Waals surface area contributed by atoms with Crippen molar-refractivity contribution in [2.75, 3.05) is 33.4 Å². The molecule has 1 atom stereocenters. The maximum atomic E-state index is 13.2. The summed E-state index contributed by atoms with van der Waals surface area (Å²) in [5.74, 6) is 0.311. The molecule has 2 aromatic rings. The number of ether oxygens (including phenoxy) is 2. The number of sulfonamides is 1. The number of morpholine rings is 1. The highest BCUT2D eigenvalue weighted by Gasteiger charge is 2.29. The molecule has 1 saturated carbocycles. The normalized spacial score (nSPS) is 19.5. The van der Waals surface area contributed by atoms with Gasteiger partial charge in [-0.1, -0.05) is 49.6 Å². The summed E-state index contributed by atoms with van der Waals surface area (Å²) in [5.41, 5.74) is 0.698. The maximum Gasteiger partial charge on any atom is 0.318 e. The average molecular weight is 509 g/mol. The number of thioether (sulfide) groups is 1. The number of aromatic nitrogens is 3. The number of carbonyl (C=O) groups is 1. The molecule has 0 unspecified atom stereocenters. The quantitative estimate of drug-likeness (QED) is 0.318. The summed E-state index contributed by atoms with van der Waals surface area (Å²) in [5, 5.41) is 9.13. The van der Waals surface area contributed by atoms with Gasteiger partial charge in [-0.3, -0.25) is 9.36 Å². The molecule has 9 nitrogen and oxygen atoms in total. The minimum Gasteiger partial charge on any atom is -0.468 e. The van der Waals surface area contributed by atoms with Crippen molar-refractivity contribution in [3.05, 3.63) is 24.3 Å². The Kier molecular flexibility index (Phi) is 8.28. The zero-order valence-electron chi connectivity index (χ0n) is 19.7. The standard InChI is InChI=1S/C23H32N4O5S2/c1-17(22(28)31-2)33-23-25-24-21(27(23)19-9-5-3-4-6-10-19)18-8-7-11-20(16-18)34(29,30)26-12-14-32-15-13-26/h7-8,11,16-17,19H,3-6,9-10,12-15H2,1-2H3/t17-/m1/s1. The van der Waals surface area contributed by atoms with E-state index in [1.807, 2.05) is 6.07 Å². The molecule has 2 aliphatic rings. The summed E-state index contributed by atoms with van der Waals surface area (Å²) < 4.78 is 40.2. The van der Waals surface area contributed by atoms with Crippen LogP contribution in [-0.2, 0) is 24.3 Å². The van der Waals surface area contributed by atoms with E-state index in [-0.39, 0.29) is 16.9 Å². The molecule has 0 radical (unpaired) electrons. The van der Waals surface area contributed by atoms with Crippen molar-refractivity contribution >= 4 is 27.8 Å². The smallest absolute Gasteiger partial charge is 0.318 e. The Morgan fingerprint density at radius 3 is 2.53 bits per heavy atom. The van der Waals surface area contributed by atoms with Crippen molar-refractivity contribution in [1.82, 2.24) is 19.1 Å². The van der Waals surface area contributed by atoms with E-state index in [9.17, 15) is 13.2 Å². The molecule has 2 fully saturated rings. The van der Waals surface area contributed by atoms with Crippen molar-refractivity contribution in [3.63, 3.8) is 0 Å². The molecule has 0 bridgehead atoms. The van der Waals surface area contributed by atoms with Gasteiger partial charge in [0.2, 0.25) is 10.0 Å². The van der Waals surface area contributed by atoms with Gasteiger partial charge >= 0.3 is 5.97 Å². The van der Waals surface area contributed by atoms with Gasteiger partial charge in [-0.2, -0.15) is 4.31 Å². The van der Waals surface area contributed by atoms with Crippen molar-refractivity contribution < 1.29 is 22.7 Å². The van der Waals surface area contributed by atoms with E-state index < -0.39 is 15.3 Å². The second-order valence-electron chi connectivity index (χ2n) is 8.65. The van der Waals surface area contributed by atoms with Crippen LogP contribution in [0, 0.1) is 0 Å². The minimum atomic E-state index is -3.63. The number of carbonyl (C=O) groups excluding carboxylic acids is 1. The molecule has 1 saturated heterocycles. The van der Waals surface area contributed by atoms with E-state index in [1.54, 1.807) is 25.1 Å². The molecule has 1 aromatic heterocycles. The maximum absolute atomic E-state index is 13.2. The van der Waals surface area contributed by atoms with Crippen LogP contribution in [0.2, 0.25) is 0 Å². The molecule has 1 aliphatic carbocycles. The van der Waals surface area contributed by atoms with Gasteiger partial charge in [0, 0.05) is 24.7 Å². The van der Waals surface area contributed by atoms with Crippen molar-refractivity contribution in [2.24, 2.45) is 0 Å². The van der Waals surface area contributed by atoms with Crippen LogP contribution in [0.25, 0.3) is 11.4 Å². The lowest BCUT2D eigenvalue weighted by Gasteiger charge is -2.26. The topological polar surface area (TPSA) is 104 Å². The highest BCUT2D eigenvalue weighted by atomic mass is 32.2. The van der Waals surface area contributed by atoms with Gasteiger partial charge in [0.1, 0.15) is 5.25 Å². The number of methoxy groups -OCH3 is 1. The van der Waals surface area contributed by atoms with Crippen LogP contribution in [0.3, 0.4) is 0 Å². The second kappa shape index (κ2) is 11.2. The first-order valence-corrected chi connectivity index (χ1v) is 14.1. The number of hydrogen-bond donors (Lipinski definition) is 0. The largest absolute Gasteiger partial charge is 0.468 e. The summed E-state index contributed by atoms with van der Waals surface area (Å²) >= 11 is 1.33. The molecule has 186 valence electrons. The fraction of sp³-hybridized carbons (Fsp3) is 0.609. The fourth-order valence-corrected chi connectivity index (χ4v) is 6.90. The molecule has 1 aliphatic heterocycles. The molecule has 11 heteroatoms. The van der Waals surface area contributed by atoms with Crippen LogP contribution in [0.15, 0.2) is 34.3 Å². The molecule has 0 spiro atoms. The summed E-state index contributed by atoms with van der Waals surface area (Å²) in [7, 11) is -2.26. The molecule has 4 rings (SSSR count). The fourth-order valence-electron chi connectivity index (χ4n) is 4.50. The highest BCUT2D eigenvalue weighted by molar-refractivity contribution is 8.00. The van der Waals surface area contributed by atoms with Crippen LogP contribution in [0.5, 0.6) is 0 Å². The first-order chi connectivity index (χ1) is 16.4. The molecule has 0 N–H and O–H groups in total. The molecular formula is C23H32N4O5S2. The third-order valence-corrected chi connectivity index (χ3v) is 9.30. The molecule has 34 heavy (non-hydrogen) atoms. The van der Waals surface area contributed by atoms with E-state index in [1.165, 1.54) is 36.0 Å². The molecule has 2 heterocycles. The van der Waals surface area contributed by atoms with E-state index >= 15 is 0 Å². The average Bonchev–Trinajstić information content (AvgIpc) is 3.09. The molecular weight excluding hydrogens is 476 g/mol. The van der Waals surface area contributed by atoms with E-state index in [0.29, 0.717) is 42.8 Å². The summed E-state index contributed by atoms with van der Waals surface area (Å²) in [6, 6.07) is 7.11. The lowest BCUT2D eigenvalue weighted by molar-refractivity contribution is -0.139. The van der Waals surface area contributed by atoms with Gasteiger partial charge in [-0.25, -0.2) is 8.42 Å². The number of hydrogen-bond acceptors (Lipinski definition) is 8. The van der Waals surface area contributed by atoms with Gasteiger partial charge in [-0.05, 0) is 31.9 Å². The van der Waals surface area contributed by atoms with Crippen LogP contribution >= 0.6 is 11.8 Å². The van der Waals surface area contributed by atoms with Gasteiger partial charge in [0.15, 0.2) is 11.0 Å². The lowest BCUT2D eigenvalue weighted by Crippen LogP contribution is -2.40. The van der Waals surface area contributed by atoms with Crippen LogP contribution in [0.4, 0.5) is 0 Å². The highest BCUT2D eigenvalue weighted by Crippen LogP contribution is 2.36. The molecule has 0 amide bonds. The Bertz CT molecular complexity index is 1090. The zero-order chi connectivity index (χ0) is 24.1. The minimum absolute atomic E-state index is 0.194. The van der Waals surface area contributed by atoms with Crippen molar-refractivity contribution in [1.29, 1.82) is 0 Å². The Balaban J connectivity index is 1.72. The lowest BCUT2D eigenvalue weighted by atomic mass is 10.1. The summed E-state index contributed by atoms with van der Waals surface area (Å²) in [6.45, 7) is 3.27. The number of rotatable bonds is 7. The van der Waals surface area contributed by atoms with Crippen LogP contribution < -0.4 is 0 Å². The van der Waals surface area contributed by atoms with E-state index in [0.717, 1.165) is 25.7 Å². The number of nitrogens with zero attached hydrogens (tertiary/aromatic N) is 4. The van der Waals surface area contributed by atoms with E-state index in [4.69, 9.17) is 9.47 Å². The monoisotopic (exact) mass is 508 g/mol. The third-order valence-electron chi connectivity index (χ3n) is 6.37. The molecule has 1 aromatic carbocycles. The predicted molar refractivity (Wildman–Crippen MR) is 129 cm³/mol. The number of esters is 1. The van der Waals surface area contributed by atoms with Crippen LogP contribution in [-0.4, -0.2) is 72.1 Å². The first kappa shape index (κ1) is 25.2. The van der Waals surface area contributed by atoms with Gasteiger partial charge < -0.3 is 9.47 Å². The second-order valence-corrected chi connectivity index (χ2v) is 11.9. The van der Waals surface area contributed by atoms with Crippen LogP contribution in [0.1, 0.15) is 51.5 Å². The van der Waals surface area contributed by atoms with Crippen molar-refractivity contribution in [2.45, 2.75) is 66.8 Å². The summed E-state index contributed by atoms with van der Waals surface area (Å²) in [4.78, 5) is 12.3. The SMILES string of the molecule is COC(=O)[C@@H](C)Sc1nnc(-c2cccc(S(=O)(=O)N3CCOCC3)c2)n1C1CCCCCC1. The Morgan fingerprint density at radius 2 is 1.85 bits per heavy atom. The Hall–Kier alpha value is -1.95. The first-order valence-electron chi connectivity index (χ1n) is 11.8. The Morgan fingerprint density at radius 1 is 1.15 bits per heavy atom. The van der Waals surface area contributed by atoms with Crippen molar-refractivity contribution in [3.8, 4) is 11.4 Å². The number of benzene rings is 1. The van der Waals surface area contributed by atoms with Gasteiger partial charge in [0.25, 0.3) is 0 Å². The Labute approximate surface area is 205 Å². The summed E-state index contributed by atoms with van der Waals surface area (Å²) in [6.07, 6.45) is 6.62. The third kappa shape index (κ3) is 5.48. The van der Waals surface area contributed by atoms with E-state index in [2.05, 4.69) is 14.8 Å². The van der Waals surface area contributed by atoms with Gasteiger partial charge in [-0.15, -0.1) is 10.2 Å². The van der Waals surface area contributed by atoms with Gasteiger partial charge in [0.05, 0.1) is 25.2 Å².